The molecule has 0 unspecified atom stereocenters. The third-order valence-corrected chi connectivity index (χ3v) is 0.800. The molecule has 0 radical (unpaired) electrons. The standard InChI is InChI=1S/C6H6/c1-6-4-2-3-5-6/h1-4H,5H2. The second-order valence-corrected chi connectivity index (χ2v) is 1.37. The summed E-state index contributed by atoms with van der Waals surface area (Å²) in [5.74, 6) is 0. The molecule has 0 atom stereocenters. The van der Waals surface area contributed by atoms with Gasteiger partial charge in [-0.05, 0) is 12.0 Å². The molecule has 1 aliphatic carbocycles. The van der Waals surface area contributed by atoms with Crippen molar-refractivity contribution in [3.05, 3.63) is 30.7 Å². The lowest BCUT2D eigenvalue weighted by Crippen LogP contribution is -1.63. The highest BCUT2D eigenvalue weighted by Gasteiger charge is 1.92. The smallest absolute Gasteiger partial charge is 0.00943 e. The van der Waals surface area contributed by atoms with E-state index < -0.39 is 0 Å². The normalized spacial score (nSPS) is 18.3. The van der Waals surface area contributed by atoms with Gasteiger partial charge in [0.25, 0.3) is 0 Å². The number of hydrogen-bond acceptors (Lipinski definition) is 0. The van der Waals surface area contributed by atoms with Crippen molar-refractivity contribution in [1.82, 2.24) is 0 Å². The Morgan fingerprint density at radius 2 is 2.67 bits per heavy atom. The van der Waals surface area contributed by atoms with Crippen molar-refractivity contribution in [2.45, 2.75) is 6.42 Å². The first-order chi connectivity index (χ1) is 2.89. The second-order valence-electron chi connectivity index (χ2n) is 1.37. The highest BCUT2D eigenvalue weighted by atomic mass is 14.0. The minimum absolute atomic E-state index is 0.944. The van der Waals surface area contributed by atoms with Gasteiger partial charge < -0.3 is 0 Å². The van der Waals surface area contributed by atoms with Crippen molar-refractivity contribution < 1.29 is 0 Å². The molecule has 0 fully saturated rings. The van der Waals surface area contributed by atoms with Crippen LogP contribution in [0.3, 0.4) is 0 Å². The van der Waals surface area contributed by atoms with Crippen LogP contribution in [0.4, 0.5) is 0 Å². The Morgan fingerprint density at radius 1 is 1.83 bits per heavy atom. The SMILES string of the molecule is [CH-]=C1[CH+]C=CC1. The summed E-state index contributed by atoms with van der Waals surface area (Å²) in [4.78, 5) is 0. The molecule has 0 aliphatic heterocycles. The fourth-order valence-corrected chi connectivity index (χ4v) is 0.464. The van der Waals surface area contributed by atoms with Gasteiger partial charge in [-0.3, -0.25) is 0 Å². The molecule has 0 aromatic carbocycles. The summed E-state index contributed by atoms with van der Waals surface area (Å²) in [6.45, 7) is 5.33. The number of allylic oxidation sites excluding steroid dienone is 3. The lowest BCUT2D eigenvalue weighted by molar-refractivity contribution is 1.33. The van der Waals surface area contributed by atoms with Crippen LogP contribution in [0.15, 0.2) is 17.7 Å². The maximum Gasteiger partial charge on any atom is -0.00943 e. The van der Waals surface area contributed by atoms with E-state index in [9.17, 15) is 0 Å². The molecular formula is C6H6. The van der Waals surface area contributed by atoms with Crippen LogP contribution in [0.25, 0.3) is 0 Å². The molecule has 0 saturated heterocycles. The summed E-state index contributed by atoms with van der Waals surface area (Å²) in [6.07, 6.45) is 6.87. The van der Waals surface area contributed by atoms with E-state index in [0.717, 1.165) is 12.0 Å². The van der Waals surface area contributed by atoms with Crippen LogP contribution in [-0.2, 0) is 0 Å². The van der Waals surface area contributed by atoms with Crippen LogP contribution < -0.4 is 0 Å². The molecule has 0 aromatic heterocycles. The zero-order valence-corrected chi connectivity index (χ0v) is 3.52. The van der Waals surface area contributed by atoms with Crippen LogP contribution in [0, 0.1) is 13.0 Å². The van der Waals surface area contributed by atoms with E-state index >= 15 is 0 Å². The number of hydrogen-bond donors (Lipinski definition) is 0. The molecule has 0 N–H and O–H groups in total. The summed E-state index contributed by atoms with van der Waals surface area (Å²) < 4.78 is 0. The highest BCUT2D eigenvalue weighted by molar-refractivity contribution is 5.26. The van der Waals surface area contributed by atoms with Gasteiger partial charge >= 0.3 is 0 Å². The summed E-state index contributed by atoms with van der Waals surface area (Å²) in [5, 5.41) is 0. The van der Waals surface area contributed by atoms with Crippen LogP contribution in [0.5, 0.6) is 0 Å². The van der Waals surface area contributed by atoms with Gasteiger partial charge in [0.1, 0.15) is 0 Å². The zero-order valence-electron chi connectivity index (χ0n) is 3.52. The van der Waals surface area contributed by atoms with Crippen molar-refractivity contribution in [2.75, 3.05) is 0 Å². The van der Waals surface area contributed by atoms with E-state index in [1.165, 1.54) is 0 Å². The van der Waals surface area contributed by atoms with Gasteiger partial charge in [-0.2, -0.15) is 0 Å². The summed E-state index contributed by atoms with van der Waals surface area (Å²) in [6, 6.07) is 0. The lowest BCUT2D eigenvalue weighted by Gasteiger charge is -1.80. The van der Waals surface area contributed by atoms with Gasteiger partial charge in [-0.1, -0.05) is 25.2 Å². The summed E-state index contributed by atoms with van der Waals surface area (Å²) >= 11 is 0. The highest BCUT2D eigenvalue weighted by Crippen LogP contribution is 2.10. The van der Waals surface area contributed by atoms with Gasteiger partial charge in [-0.25, -0.2) is 0 Å². The molecule has 30 valence electrons. The first kappa shape index (κ1) is 3.54. The van der Waals surface area contributed by atoms with Gasteiger partial charge in [0, 0.05) is 0 Å². The van der Waals surface area contributed by atoms with Gasteiger partial charge in [0.2, 0.25) is 0 Å². The largest absolute Gasteiger partial charge is 0.0801 e. The van der Waals surface area contributed by atoms with E-state index in [1.54, 1.807) is 0 Å². The van der Waals surface area contributed by atoms with E-state index in [2.05, 4.69) is 0 Å². The quantitative estimate of drug-likeness (QED) is 0.385. The van der Waals surface area contributed by atoms with Crippen molar-refractivity contribution in [3.63, 3.8) is 0 Å². The first-order valence-corrected chi connectivity index (χ1v) is 2.01. The Labute approximate surface area is 38.2 Å². The fraction of sp³-hybridized carbons (Fsp3) is 0.167. The summed E-state index contributed by atoms with van der Waals surface area (Å²) in [7, 11) is 0. The van der Waals surface area contributed by atoms with Crippen molar-refractivity contribution >= 4 is 0 Å². The second kappa shape index (κ2) is 1.21. The number of rotatable bonds is 0. The van der Waals surface area contributed by atoms with Crippen LogP contribution in [0.2, 0.25) is 0 Å². The monoisotopic (exact) mass is 78.0 g/mol. The van der Waals surface area contributed by atoms with Crippen LogP contribution in [-0.4, -0.2) is 0 Å². The molecule has 0 heteroatoms. The predicted octanol–water partition coefficient (Wildman–Crippen LogP) is 1.51. The first-order valence-electron chi connectivity index (χ1n) is 2.01. The Hall–Kier alpha value is -0.650. The van der Waals surface area contributed by atoms with Gasteiger partial charge in [0.05, 0.1) is 0 Å². The minimum Gasteiger partial charge on any atom is -0.0801 e. The average Bonchev–Trinajstić information content (AvgIpc) is 1.86. The molecule has 0 nitrogen and oxygen atoms in total. The van der Waals surface area contributed by atoms with E-state index in [-0.39, 0.29) is 0 Å². The maximum atomic E-state index is 5.33. The molecule has 0 heterocycles. The van der Waals surface area contributed by atoms with Gasteiger partial charge in [-0.15, -0.1) is 0 Å². The topological polar surface area (TPSA) is 0 Å². The lowest BCUT2D eigenvalue weighted by atomic mass is 10.3. The van der Waals surface area contributed by atoms with Gasteiger partial charge in [0.15, 0.2) is 0 Å². The molecule has 0 saturated carbocycles. The van der Waals surface area contributed by atoms with Crippen molar-refractivity contribution in [1.29, 1.82) is 0 Å². The molecule has 0 bridgehead atoms. The molecule has 0 aromatic rings. The van der Waals surface area contributed by atoms with Crippen molar-refractivity contribution in [3.8, 4) is 0 Å². The molecular weight excluding hydrogens is 72.1 g/mol. The third kappa shape index (κ3) is 0.459. The van der Waals surface area contributed by atoms with Crippen molar-refractivity contribution in [2.24, 2.45) is 0 Å². The van der Waals surface area contributed by atoms with Crippen LogP contribution >= 0.6 is 0 Å². The molecule has 0 amide bonds. The molecule has 6 heavy (non-hydrogen) atoms. The maximum absolute atomic E-state index is 5.33. The zero-order chi connectivity index (χ0) is 4.41. The van der Waals surface area contributed by atoms with E-state index in [0.29, 0.717) is 0 Å². The molecule has 1 rings (SSSR count). The Morgan fingerprint density at radius 3 is 2.83 bits per heavy atom. The fourth-order valence-electron chi connectivity index (χ4n) is 0.464. The minimum atomic E-state index is 0.944. The predicted molar refractivity (Wildman–Crippen MR) is 25.9 cm³/mol. The Bertz CT molecular complexity index is 78.2. The van der Waals surface area contributed by atoms with E-state index in [1.807, 2.05) is 18.6 Å². The Balaban J connectivity index is 2.52. The third-order valence-electron chi connectivity index (χ3n) is 0.800. The summed E-state index contributed by atoms with van der Waals surface area (Å²) in [5.41, 5.74) is 0.968. The molecule has 0 spiro atoms. The van der Waals surface area contributed by atoms with E-state index in [4.69, 9.17) is 6.58 Å². The van der Waals surface area contributed by atoms with Crippen LogP contribution in [0.1, 0.15) is 6.42 Å². The Kier molecular flexibility index (Phi) is 0.714. The average molecular weight is 78.1 g/mol. The molecule has 1 aliphatic rings.